The summed E-state index contributed by atoms with van der Waals surface area (Å²) in [5.41, 5.74) is 2.23. The summed E-state index contributed by atoms with van der Waals surface area (Å²) in [6.07, 6.45) is 0.0431. The molecule has 23 heteroatoms. The molecule has 89 heavy (non-hydrogen) atoms. The monoisotopic (exact) mass is 1360 g/mol. The van der Waals surface area contributed by atoms with Crippen LogP contribution in [0.4, 0.5) is 43.9 Å². The first-order chi connectivity index (χ1) is 42.0. The van der Waals surface area contributed by atoms with Crippen molar-refractivity contribution < 1.29 is 86.2 Å². The lowest BCUT2D eigenvalue weighted by molar-refractivity contribution is -0.186. The number of alkyl halides is 7. The standard InChI is InChI=1S/C29H21F7O2.C13H9BrO2.C13H17S2.C10H12O2.CHF3O3S/c1-2-3-18-4-10-21(11-5-18)28(33,34)37-23-14-8-20(9-15-23)19-6-12-22(13-7-19)29(35,36)38-24-16-25(30)27(32)26(31)17-24;14-12-7-5-10(6-8-12)9-1-3-11(4-2-9)13(15)16;1-2-4-11-5-7-12(8-6-11)13-14-9-3-10-15-13;1-2-3-8-4-6-9(7-5-8)10(11)12;2-1(3,4)8(5,6)7/h4-17H,2-3H2,1H3;1-8H,(H,15,16);5-8H,2-4,9-10H2,1H3;4-7H,2-3H2,1H3,(H,11,12);(H,5,6,7)/q;;+1;;/p-1. The minimum atomic E-state index is -6.09. The first-order valence-corrected chi connectivity index (χ1v) is 31.4. The molecule has 0 amide bonds. The van der Waals surface area contributed by atoms with Crippen LogP contribution >= 0.6 is 27.7 Å². The maximum absolute atomic E-state index is 14.6. The molecule has 472 valence electrons. The van der Waals surface area contributed by atoms with Gasteiger partial charge in [-0.25, -0.2) is 31.2 Å². The van der Waals surface area contributed by atoms with Crippen molar-refractivity contribution in [3.63, 3.8) is 0 Å². The summed E-state index contributed by atoms with van der Waals surface area (Å²) in [5, 5.41) is 17.4. The van der Waals surface area contributed by atoms with Gasteiger partial charge in [0.05, 0.1) is 22.3 Å². The van der Waals surface area contributed by atoms with Gasteiger partial charge in [-0.15, -0.1) is 0 Å². The number of halogens is 11. The van der Waals surface area contributed by atoms with Gasteiger partial charge in [0.1, 0.15) is 11.5 Å². The normalized spacial score (nSPS) is 12.2. The fraction of sp³-hybridized carbons (Fsp3) is 0.227. The van der Waals surface area contributed by atoms with Crippen molar-refractivity contribution in [2.45, 2.75) is 83.4 Å². The lowest BCUT2D eigenvalue weighted by Crippen LogP contribution is -2.22. The van der Waals surface area contributed by atoms with Gasteiger partial charge in [-0.05, 0) is 143 Å². The molecule has 1 aliphatic rings. The largest absolute Gasteiger partial charge is 0.741 e. The van der Waals surface area contributed by atoms with Gasteiger partial charge in [-0.2, -0.15) is 30.7 Å². The molecular weight excluding hydrogens is 1300 g/mol. The maximum atomic E-state index is 14.6. The zero-order valence-electron chi connectivity index (χ0n) is 47.8. The number of carbonyl (C=O) groups is 2. The van der Waals surface area contributed by atoms with Gasteiger partial charge in [-0.3, -0.25) is 0 Å². The predicted octanol–water partition coefficient (Wildman–Crippen LogP) is 18.5. The summed E-state index contributed by atoms with van der Waals surface area (Å²) >= 11 is 7.40. The molecule has 8 aromatic carbocycles. The van der Waals surface area contributed by atoms with Crippen LogP contribution in [0.5, 0.6) is 11.5 Å². The van der Waals surface area contributed by atoms with Crippen molar-refractivity contribution in [1.29, 1.82) is 0 Å². The zero-order chi connectivity index (χ0) is 65.5. The molecule has 2 N–H and O–H groups in total. The molecule has 0 aliphatic carbocycles. The quantitative estimate of drug-likeness (QED) is 0.0225. The Kier molecular flexibility index (Phi) is 27.5. The minimum absolute atomic E-state index is 0.0910. The van der Waals surface area contributed by atoms with Crippen molar-refractivity contribution in [3.05, 3.63) is 248 Å². The van der Waals surface area contributed by atoms with Crippen LogP contribution in [-0.2, 0) is 52.9 Å². The fourth-order valence-corrected chi connectivity index (χ4v) is 10.8. The van der Waals surface area contributed by atoms with Gasteiger partial charge < -0.3 is 24.2 Å². The van der Waals surface area contributed by atoms with Crippen molar-refractivity contribution in [1.82, 2.24) is 0 Å². The molecule has 1 aliphatic heterocycles. The van der Waals surface area contributed by atoms with Crippen molar-refractivity contribution in [3.8, 4) is 33.8 Å². The molecule has 0 spiro atoms. The number of ether oxygens (including phenoxy) is 2. The maximum Gasteiger partial charge on any atom is 0.485 e. The van der Waals surface area contributed by atoms with Crippen LogP contribution in [-0.4, -0.2) is 56.3 Å². The second-order valence-corrected chi connectivity index (χ2v) is 24.1. The molecule has 0 aromatic heterocycles. The number of benzene rings is 8. The van der Waals surface area contributed by atoms with Crippen LogP contribution in [0.15, 0.2) is 186 Å². The summed E-state index contributed by atoms with van der Waals surface area (Å²) in [7, 11) is -6.09. The lowest BCUT2D eigenvalue weighted by Gasteiger charge is -2.19. The van der Waals surface area contributed by atoms with E-state index >= 15 is 0 Å². The Hall–Kier alpha value is -7.57. The van der Waals surface area contributed by atoms with E-state index in [1.54, 1.807) is 36.4 Å². The van der Waals surface area contributed by atoms with E-state index in [-0.39, 0.29) is 11.3 Å². The molecule has 0 bridgehead atoms. The average molecular weight is 1360 g/mol. The fourth-order valence-electron chi connectivity index (χ4n) is 7.97. The highest BCUT2D eigenvalue weighted by Gasteiger charge is 2.38. The van der Waals surface area contributed by atoms with E-state index < -0.39 is 68.5 Å². The lowest BCUT2D eigenvalue weighted by atomic mass is 10.0. The van der Waals surface area contributed by atoms with Crippen LogP contribution in [0, 0.1) is 17.5 Å². The molecule has 8 aromatic rings. The Labute approximate surface area is 525 Å². The van der Waals surface area contributed by atoms with Gasteiger partial charge in [0.25, 0.3) is 4.20 Å². The predicted molar refractivity (Wildman–Crippen MR) is 331 cm³/mol. The molecular formula is C66H59BrF10O9S3. The van der Waals surface area contributed by atoms with E-state index in [2.05, 4.69) is 58.8 Å². The van der Waals surface area contributed by atoms with Gasteiger partial charge >= 0.3 is 29.7 Å². The molecule has 9 nitrogen and oxygen atoms in total. The minimum Gasteiger partial charge on any atom is -0.741 e. The molecule has 0 unspecified atom stereocenters. The number of hydrogen-bond acceptors (Lipinski definition) is 8. The van der Waals surface area contributed by atoms with Crippen molar-refractivity contribution in [2.24, 2.45) is 0 Å². The molecule has 0 saturated carbocycles. The van der Waals surface area contributed by atoms with E-state index in [1.807, 2.05) is 78.6 Å². The van der Waals surface area contributed by atoms with E-state index in [1.165, 1.54) is 100 Å². The number of aryl methyl sites for hydroxylation is 3. The molecule has 0 saturated heterocycles. The Bertz CT molecular complexity index is 3670. The van der Waals surface area contributed by atoms with Crippen molar-refractivity contribution in [2.75, 3.05) is 11.5 Å². The van der Waals surface area contributed by atoms with E-state index in [0.29, 0.717) is 34.4 Å². The van der Waals surface area contributed by atoms with Gasteiger partial charge in [-0.1, -0.05) is 153 Å². The second-order valence-electron chi connectivity index (χ2n) is 19.3. The molecule has 0 radical (unpaired) electrons. The average Bonchev–Trinajstić information content (AvgIpc) is 2.07. The Morgan fingerprint density at radius 1 is 0.528 bits per heavy atom. The second kappa shape index (κ2) is 33.9. The highest BCUT2D eigenvalue weighted by molar-refractivity contribution is 9.10. The van der Waals surface area contributed by atoms with E-state index in [0.717, 1.165) is 59.0 Å². The smallest absolute Gasteiger partial charge is 0.485 e. The number of rotatable bonds is 17. The highest BCUT2D eigenvalue weighted by Crippen LogP contribution is 2.36. The number of carboxylic acid groups (broad SMARTS) is 2. The number of carboxylic acids is 2. The van der Waals surface area contributed by atoms with Crippen LogP contribution in [0.2, 0.25) is 0 Å². The summed E-state index contributed by atoms with van der Waals surface area (Å²) in [4.78, 5) is 21.2. The van der Waals surface area contributed by atoms with Crippen LogP contribution in [0.3, 0.4) is 0 Å². The zero-order valence-corrected chi connectivity index (χ0v) is 51.9. The molecule has 0 fully saturated rings. The van der Waals surface area contributed by atoms with E-state index in [4.69, 9.17) is 27.9 Å². The van der Waals surface area contributed by atoms with E-state index in [9.17, 15) is 53.5 Å². The first-order valence-electron chi connectivity index (χ1n) is 27.3. The van der Waals surface area contributed by atoms with Crippen LogP contribution in [0.1, 0.15) is 101 Å². The Morgan fingerprint density at radius 3 is 1.22 bits per heavy atom. The third-order valence-electron chi connectivity index (χ3n) is 12.5. The van der Waals surface area contributed by atoms with Crippen LogP contribution < -0.4 is 9.47 Å². The van der Waals surface area contributed by atoms with Gasteiger partial charge in [0.2, 0.25) is 0 Å². The van der Waals surface area contributed by atoms with Crippen LogP contribution in [0.25, 0.3) is 22.3 Å². The van der Waals surface area contributed by atoms with Gasteiger partial charge in [0, 0.05) is 34.3 Å². The molecule has 9 rings (SSSR count). The topological polar surface area (TPSA) is 150 Å². The molecule has 1 heterocycles. The third kappa shape index (κ3) is 23.1. The third-order valence-corrected chi connectivity index (χ3v) is 16.3. The summed E-state index contributed by atoms with van der Waals surface area (Å²) < 4.78 is 169. The summed E-state index contributed by atoms with van der Waals surface area (Å²) in [6, 6.07) is 47.8. The number of thioether (sulfide) groups is 1. The number of aromatic carboxylic acids is 2. The molecule has 0 atom stereocenters. The SMILES string of the molecule is CCCc1ccc(C(=O)O)cc1.CCCc1ccc(C(F)(F)Oc2ccc(-c3ccc(C(F)(F)Oc4cc(F)c(F)c(F)c4)cc3)cc2)cc1.CCCc1ccc(C2=[S+]CCCS2)cc1.O=C(O)c1ccc(-c2ccc(Br)cc2)cc1.O=S(=O)([O-])C(F)(F)F. The van der Waals surface area contributed by atoms with Crippen molar-refractivity contribution >= 4 is 65.3 Å². The van der Waals surface area contributed by atoms with Gasteiger partial charge in [0.15, 0.2) is 44.7 Å². The Morgan fingerprint density at radius 2 is 0.854 bits per heavy atom. The summed E-state index contributed by atoms with van der Waals surface area (Å²) in [6.45, 7) is 6.33. The first kappa shape index (κ1) is 72.2. The number of hydrogen-bond donors (Lipinski definition) is 2. The Balaban J connectivity index is 0.000000232. The summed E-state index contributed by atoms with van der Waals surface area (Å²) in [5.74, 6) is -5.29. The highest BCUT2D eigenvalue weighted by atomic mass is 79.9.